The van der Waals surface area contributed by atoms with E-state index in [0.29, 0.717) is 10.5 Å². The van der Waals surface area contributed by atoms with Gasteiger partial charge in [-0.2, -0.15) is 0 Å². The number of carboxylic acid groups (broad SMARTS) is 1. The Hall–Kier alpha value is -2.70. The third kappa shape index (κ3) is 2.66. The molecule has 0 aromatic heterocycles. The van der Waals surface area contributed by atoms with Gasteiger partial charge < -0.3 is 9.84 Å². The zero-order chi connectivity index (χ0) is 14.7. The van der Waals surface area contributed by atoms with Gasteiger partial charge in [0, 0.05) is 0 Å². The number of benzene rings is 1. The van der Waals surface area contributed by atoms with Crippen LogP contribution in [0.25, 0.3) is 0 Å². The average Bonchev–Trinajstić information content (AvgIpc) is 2.73. The van der Waals surface area contributed by atoms with E-state index in [1.165, 1.54) is 0 Å². The van der Waals surface area contributed by atoms with Crippen LogP contribution in [0.2, 0.25) is 0 Å². The molecule has 1 atom stereocenters. The van der Waals surface area contributed by atoms with Crippen LogP contribution < -0.4 is 0 Å². The molecule has 7 nitrogen and oxygen atoms in total. The molecule has 104 valence electrons. The van der Waals surface area contributed by atoms with E-state index in [-0.39, 0.29) is 6.61 Å². The first kappa shape index (κ1) is 13.7. The molecule has 1 aliphatic heterocycles. The summed E-state index contributed by atoms with van der Waals surface area (Å²) in [5, 5.41) is 8.88. The van der Waals surface area contributed by atoms with E-state index in [9.17, 15) is 19.2 Å². The highest BCUT2D eigenvalue weighted by atomic mass is 16.6. The summed E-state index contributed by atoms with van der Waals surface area (Å²) in [6, 6.07) is 6.97. The first-order valence-corrected chi connectivity index (χ1v) is 5.78. The van der Waals surface area contributed by atoms with E-state index in [1.807, 2.05) is 0 Å². The van der Waals surface area contributed by atoms with E-state index in [4.69, 9.17) is 9.84 Å². The molecule has 1 aliphatic rings. The van der Waals surface area contributed by atoms with Crippen molar-refractivity contribution < 1.29 is 29.0 Å². The summed E-state index contributed by atoms with van der Waals surface area (Å²) in [7, 11) is 0. The molecular weight excluding hydrogens is 266 g/mol. The summed E-state index contributed by atoms with van der Waals surface area (Å²) < 4.78 is 4.91. The first-order chi connectivity index (χ1) is 9.50. The van der Waals surface area contributed by atoms with Crippen molar-refractivity contribution in [2.24, 2.45) is 0 Å². The fraction of sp³-hybridized carbons (Fsp3) is 0.231. The number of hydrogen-bond acceptors (Lipinski definition) is 5. The molecule has 1 fully saturated rings. The molecule has 0 saturated carbocycles. The number of carbonyl (C=O) groups is 4. The molecule has 1 N–H and O–H groups in total. The number of hydrogen-bond donors (Lipinski definition) is 1. The molecule has 1 aromatic rings. The molecule has 0 unspecified atom stereocenters. The van der Waals surface area contributed by atoms with Crippen molar-refractivity contribution in [1.29, 1.82) is 0 Å². The lowest BCUT2D eigenvalue weighted by Crippen LogP contribution is -2.43. The van der Waals surface area contributed by atoms with Crippen LogP contribution in [0.3, 0.4) is 0 Å². The van der Waals surface area contributed by atoms with Gasteiger partial charge in [-0.05, 0) is 5.56 Å². The van der Waals surface area contributed by atoms with Gasteiger partial charge in [0.2, 0.25) is 11.6 Å². The fourth-order valence-corrected chi connectivity index (χ4v) is 1.84. The second-order valence-corrected chi connectivity index (χ2v) is 4.20. The molecular formula is C13H11NO6. The second kappa shape index (κ2) is 5.52. The van der Waals surface area contributed by atoms with Crippen molar-refractivity contribution in [3.8, 4) is 0 Å². The molecule has 0 aliphatic carbocycles. The summed E-state index contributed by atoms with van der Waals surface area (Å²) in [6.07, 6.45) is -1.000. The van der Waals surface area contributed by atoms with Crippen molar-refractivity contribution in [2.75, 3.05) is 6.54 Å². The Morgan fingerprint density at radius 1 is 1.25 bits per heavy atom. The molecule has 1 aromatic carbocycles. The van der Waals surface area contributed by atoms with Crippen LogP contribution in [0.4, 0.5) is 4.79 Å². The SMILES string of the molecule is O=C1CN(C(=O)OCc2ccccc2)[C@H](C(=O)O)C1=O. The van der Waals surface area contributed by atoms with Crippen molar-refractivity contribution in [1.82, 2.24) is 4.90 Å². The van der Waals surface area contributed by atoms with Crippen LogP contribution in [0, 0.1) is 0 Å². The maximum Gasteiger partial charge on any atom is 0.411 e. The second-order valence-electron chi connectivity index (χ2n) is 4.20. The number of carbonyl (C=O) groups excluding carboxylic acids is 3. The Morgan fingerprint density at radius 2 is 1.90 bits per heavy atom. The number of carboxylic acids is 1. The molecule has 0 spiro atoms. The van der Waals surface area contributed by atoms with Gasteiger partial charge in [-0.1, -0.05) is 30.3 Å². The number of rotatable bonds is 3. The lowest BCUT2D eigenvalue weighted by Gasteiger charge is -2.18. The normalized spacial score (nSPS) is 18.2. The van der Waals surface area contributed by atoms with Crippen molar-refractivity contribution in [3.05, 3.63) is 35.9 Å². The Labute approximate surface area is 113 Å². The van der Waals surface area contributed by atoms with Crippen LogP contribution in [-0.2, 0) is 25.7 Å². The number of ketones is 2. The standard InChI is InChI=1S/C13H11NO6/c15-9-6-14(10(11(9)16)12(17)18)13(19)20-7-8-4-2-1-3-5-8/h1-5,10H,6-7H2,(H,17,18)/t10-/m0/s1. The third-order valence-electron chi connectivity index (χ3n) is 2.82. The molecule has 2 rings (SSSR count). The highest BCUT2D eigenvalue weighted by Crippen LogP contribution is 2.14. The summed E-state index contributed by atoms with van der Waals surface area (Å²) in [5.41, 5.74) is 0.713. The number of nitrogens with zero attached hydrogens (tertiary/aromatic N) is 1. The Morgan fingerprint density at radius 3 is 2.50 bits per heavy atom. The summed E-state index contributed by atoms with van der Waals surface area (Å²) >= 11 is 0. The van der Waals surface area contributed by atoms with Gasteiger partial charge in [0.1, 0.15) is 6.61 Å². The molecule has 1 amide bonds. The summed E-state index contributed by atoms with van der Waals surface area (Å²) in [5.74, 6) is -3.55. The van der Waals surface area contributed by atoms with E-state index in [0.717, 1.165) is 0 Å². The molecule has 1 saturated heterocycles. The van der Waals surface area contributed by atoms with Crippen LogP contribution in [-0.4, -0.2) is 46.2 Å². The minimum atomic E-state index is -1.79. The monoisotopic (exact) mass is 277 g/mol. The average molecular weight is 277 g/mol. The van der Waals surface area contributed by atoms with Gasteiger partial charge in [-0.3, -0.25) is 14.5 Å². The van der Waals surface area contributed by atoms with E-state index in [1.54, 1.807) is 30.3 Å². The molecule has 0 radical (unpaired) electrons. The summed E-state index contributed by atoms with van der Waals surface area (Å²) in [6.45, 7) is -0.631. The van der Waals surface area contributed by atoms with Gasteiger partial charge in [0.25, 0.3) is 0 Å². The van der Waals surface area contributed by atoms with Gasteiger partial charge in [-0.15, -0.1) is 0 Å². The Kier molecular flexibility index (Phi) is 3.79. The van der Waals surface area contributed by atoms with Gasteiger partial charge in [0.05, 0.1) is 6.54 Å². The number of likely N-dealkylation sites (tertiary alicyclic amines) is 1. The fourth-order valence-electron chi connectivity index (χ4n) is 1.84. The highest BCUT2D eigenvalue weighted by molar-refractivity contribution is 6.46. The first-order valence-electron chi connectivity index (χ1n) is 5.78. The number of Topliss-reactive ketones (excluding diaryl/α,β-unsaturated/α-hetero) is 2. The maximum absolute atomic E-state index is 11.8. The van der Waals surface area contributed by atoms with E-state index < -0.39 is 36.2 Å². The van der Waals surface area contributed by atoms with E-state index in [2.05, 4.69) is 0 Å². The smallest absolute Gasteiger partial charge is 0.411 e. The quantitative estimate of drug-likeness (QED) is 0.627. The van der Waals surface area contributed by atoms with E-state index >= 15 is 0 Å². The Balaban J connectivity index is 2.03. The number of ether oxygens (including phenoxy) is 1. The van der Waals surface area contributed by atoms with Crippen LogP contribution in [0.1, 0.15) is 5.56 Å². The lowest BCUT2D eigenvalue weighted by molar-refractivity contribution is -0.146. The molecule has 7 heteroatoms. The zero-order valence-electron chi connectivity index (χ0n) is 10.3. The van der Waals surface area contributed by atoms with Gasteiger partial charge in [0.15, 0.2) is 6.04 Å². The molecule has 0 bridgehead atoms. The van der Waals surface area contributed by atoms with Crippen molar-refractivity contribution in [2.45, 2.75) is 12.6 Å². The predicted molar refractivity (Wildman–Crippen MR) is 64.8 cm³/mol. The lowest BCUT2D eigenvalue weighted by atomic mass is 10.2. The minimum absolute atomic E-state index is 0.0646. The van der Waals surface area contributed by atoms with Crippen LogP contribution in [0.5, 0.6) is 0 Å². The van der Waals surface area contributed by atoms with Gasteiger partial charge in [-0.25, -0.2) is 9.59 Å². The minimum Gasteiger partial charge on any atom is -0.479 e. The third-order valence-corrected chi connectivity index (χ3v) is 2.82. The highest BCUT2D eigenvalue weighted by Gasteiger charge is 2.47. The predicted octanol–water partition coefficient (Wildman–Crippen LogP) is 0.230. The molecule has 1 heterocycles. The van der Waals surface area contributed by atoms with Crippen molar-refractivity contribution in [3.63, 3.8) is 0 Å². The van der Waals surface area contributed by atoms with Gasteiger partial charge >= 0.3 is 12.1 Å². The summed E-state index contributed by atoms with van der Waals surface area (Å²) in [4.78, 5) is 45.9. The zero-order valence-corrected chi connectivity index (χ0v) is 10.3. The largest absolute Gasteiger partial charge is 0.479 e. The maximum atomic E-state index is 11.8. The Bertz CT molecular complexity index is 567. The molecule has 20 heavy (non-hydrogen) atoms. The number of amides is 1. The van der Waals surface area contributed by atoms with Crippen LogP contribution >= 0.6 is 0 Å². The topological polar surface area (TPSA) is 101 Å². The number of aliphatic carboxylic acids is 1. The van der Waals surface area contributed by atoms with Crippen LogP contribution in [0.15, 0.2) is 30.3 Å². The van der Waals surface area contributed by atoms with Crippen molar-refractivity contribution >= 4 is 23.6 Å².